The third-order valence-corrected chi connectivity index (χ3v) is 4.72. The number of hydrogen-bond acceptors (Lipinski definition) is 4. The molecule has 3 rings (SSSR count). The normalized spacial score (nSPS) is 11.7. The Hall–Kier alpha value is -4.52. The quantitative estimate of drug-likeness (QED) is 0.356. The predicted octanol–water partition coefficient (Wildman–Crippen LogP) is 4.49. The predicted molar refractivity (Wildman–Crippen MR) is 133 cm³/mol. The molecule has 0 spiro atoms. The third-order valence-electron chi connectivity index (χ3n) is 4.72. The molecule has 33 heavy (non-hydrogen) atoms. The molecule has 0 unspecified atom stereocenters. The van der Waals surface area contributed by atoms with Crippen molar-refractivity contribution in [2.45, 2.75) is 13.8 Å². The number of allylic oxidation sites excluding steroid dienone is 2. The van der Waals surface area contributed by atoms with Crippen LogP contribution in [0, 0.1) is 13.8 Å². The van der Waals surface area contributed by atoms with Gasteiger partial charge >= 0.3 is 0 Å². The first-order valence-electron chi connectivity index (χ1n) is 10.4. The molecule has 0 bridgehead atoms. The van der Waals surface area contributed by atoms with Crippen LogP contribution in [-0.4, -0.2) is 29.2 Å². The average Bonchev–Trinajstić information content (AvgIpc) is 3.13. The van der Waals surface area contributed by atoms with Crippen LogP contribution in [0.3, 0.4) is 0 Å². The summed E-state index contributed by atoms with van der Waals surface area (Å²) in [7, 11) is 0. The summed E-state index contributed by atoms with van der Waals surface area (Å²) in [5.41, 5.74) is 8.73. The highest BCUT2D eigenvalue weighted by atomic mass is 16.2. The maximum absolute atomic E-state index is 12.5. The molecule has 0 atom stereocenters. The van der Waals surface area contributed by atoms with E-state index in [9.17, 15) is 9.59 Å². The molecule has 0 aliphatic rings. The van der Waals surface area contributed by atoms with E-state index in [1.807, 2.05) is 72.8 Å². The number of amides is 2. The highest BCUT2D eigenvalue weighted by Gasteiger charge is 2.21. The van der Waals surface area contributed by atoms with Gasteiger partial charge in [-0.05, 0) is 42.7 Å². The molecular weight excluding hydrogens is 414 g/mol. The number of hydrogen-bond donors (Lipinski definition) is 3. The number of H-pyrrole nitrogens is 1. The number of aromatic amines is 1. The monoisotopic (exact) mass is 439 g/mol. The molecule has 1 heterocycles. The van der Waals surface area contributed by atoms with Gasteiger partial charge < -0.3 is 4.98 Å². The third kappa shape index (κ3) is 6.73. The fraction of sp³-hybridized carbons (Fsp3) is 0.0769. The molecule has 1 aromatic heterocycles. The van der Waals surface area contributed by atoms with Gasteiger partial charge in [-0.15, -0.1) is 0 Å². The molecule has 0 fully saturated rings. The minimum Gasteiger partial charge on any atom is -0.354 e. The van der Waals surface area contributed by atoms with Crippen LogP contribution in [0.4, 0.5) is 0 Å². The first-order valence-corrected chi connectivity index (χ1v) is 10.4. The van der Waals surface area contributed by atoms with Crippen LogP contribution in [-0.2, 0) is 0 Å². The largest absolute Gasteiger partial charge is 0.354 e. The summed E-state index contributed by atoms with van der Waals surface area (Å²) in [6, 6.07) is 19.5. The topological polar surface area (TPSA) is 98.7 Å². The summed E-state index contributed by atoms with van der Waals surface area (Å²) in [6.07, 6.45) is 10.2. The van der Waals surface area contributed by atoms with Gasteiger partial charge in [0, 0.05) is 18.1 Å². The summed E-state index contributed by atoms with van der Waals surface area (Å²) in [5.74, 6) is -0.840. The second-order valence-corrected chi connectivity index (χ2v) is 7.10. The van der Waals surface area contributed by atoms with Crippen molar-refractivity contribution in [2.75, 3.05) is 0 Å². The lowest BCUT2D eigenvalue weighted by atomic mass is 10.1. The van der Waals surface area contributed by atoms with Gasteiger partial charge in [-0.1, -0.05) is 72.8 Å². The van der Waals surface area contributed by atoms with Gasteiger partial charge in [-0.2, -0.15) is 10.2 Å². The number of carbonyl (C=O) groups excluding carboxylic acids is 2. The molecule has 3 aromatic rings. The summed E-state index contributed by atoms with van der Waals surface area (Å²) in [6.45, 7) is 3.43. The second kappa shape index (κ2) is 11.8. The zero-order valence-electron chi connectivity index (χ0n) is 18.4. The molecule has 7 heteroatoms. The van der Waals surface area contributed by atoms with Crippen LogP contribution < -0.4 is 10.9 Å². The molecule has 7 nitrogen and oxygen atoms in total. The molecule has 0 radical (unpaired) electrons. The number of nitrogens with one attached hydrogen (secondary N) is 3. The Morgan fingerprint density at radius 2 is 1.24 bits per heavy atom. The smallest absolute Gasteiger partial charge is 0.288 e. The number of hydrazone groups is 2. The fourth-order valence-electron chi connectivity index (χ4n) is 3.14. The van der Waals surface area contributed by atoms with Crippen molar-refractivity contribution in [1.29, 1.82) is 0 Å². The van der Waals surface area contributed by atoms with Gasteiger partial charge in [0.2, 0.25) is 0 Å². The van der Waals surface area contributed by atoms with Crippen molar-refractivity contribution in [2.24, 2.45) is 10.2 Å². The van der Waals surface area contributed by atoms with E-state index in [2.05, 4.69) is 26.0 Å². The van der Waals surface area contributed by atoms with Crippen LogP contribution in [0.2, 0.25) is 0 Å². The minimum atomic E-state index is -0.437. The number of rotatable bonds is 8. The molecule has 0 saturated carbocycles. The molecule has 2 amide bonds. The van der Waals surface area contributed by atoms with E-state index >= 15 is 0 Å². The van der Waals surface area contributed by atoms with Crippen LogP contribution in [0.1, 0.15) is 43.2 Å². The van der Waals surface area contributed by atoms with Crippen molar-refractivity contribution >= 4 is 36.4 Å². The molecule has 0 saturated heterocycles. The summed E-state index contributed by atoms with van der Waals surface area (Å²) in [4.78, 5) is 28.0. The van der Waals surface area contributed by atoms with Gasteiger partial charge in [-0.25, -0.2) is 10.9 Å². The van der Waals surface area contributed by atoms with Gasteiger partial charge in [0.05, 0.1) is 5.56 Å². The number of aryl methyl sites for hydroxylation is 1. The Bertz CT molecular complexity index is 1210. The molecular formula is C26H25N5O2. The SMILES string of the molecule is Cc1[nH]c(C(=O)N/N=C/C=C/c2ccccc2)c(C)c1C(=O)N/N=C/C=C/c1ccccc1. The highest BCUT2D eigenvalue weighted by molar-refractivity contribution is 6.02. The molecule has 2 aromatic carbocycles. The van der Waals surface area contributed by atoms with Crippen LogP contribution in [0.15, 0.2) is 83.0 Å². The molecule has 3 N–H and O–H groups in total. The van der Waals surface area contributed by atoms with E-state index in [-0.39, 0.29) is 5.69 Å². The van der Waals surface area contributed by atoms with Crippen molar-refractivity contribution in [3.05, 3.63) is 106 Å². The molecule has 166 valence electrons. The van der Waals surface area contributed by atoms with E-state index < -0.39 is 11.8 Å². The maximum Gasteiger partial charge on any atom is 0.288 e. The number of carbonyl (C=O) groups is 2. The van der Waals surface area contributed by atoms with Crippen LogP contribution in [0.5, 0.6) is 0 Å². The zero-order chi connectivity index (χ0) is 23.5. The van der Waals surface area contributed by atoms with E-state index in [0.717, 1.165) is 11.1 Å². The summed E-state index contributed by atoms with van der Waals surface area (Å²) < 4.78 is 0. The van der Waals surface area contributed by atoms with E-state index in [1.165, 1.54) is 12.4 Å². The van der Waals surface area contributed by atoms with Gasteiger partial charge in [-0.3, -0.25) is 9.59 Å². The van der Waals surface area contributed by atoms with Gasteiger partial charge in [0.1, 0.15) is 5.69 Å². The lowest BCUT2D eigenvalue weighted by molar-refractivity contribution is 0.0948. The Kier molecular flexibility index (Phi) is 8.25. The standard InChI is InChI=1S/C26H25N5O2/c1-19-23(25(32)30-27-17-9-15-21-11-5-3-6-12-21)20(2)29-24(19)26(33)31-28-18-10-16-22-13-7-4-8-14-22/h3-18,29H,1-2H3,(H,30,32)(H,31,33)/b15-9+,16-10+,27-17+,28-18+. The molecule has 0 aliphatic heterocycles. The number of benzene rings is 2. The van der Waals surface area contributed by atoms with E-state index in [0.29, 0.717) is 16.8 Å². The average molecular weight is 440 g/mol. The summed E-state index contributed by atoms with van der Waals surface area (Å²) in [5, 5.41) is 7.86. The first kappa shape index (κ1) is 23.1. The first-order chi connectivity index (χ1) is 16.1. The number of nitrogens with zero attached hydrogens (tertiary/aromatic N) is 2. The van der Waals surface area contributed by atoms with Gasteiger partial charge in [0.25, 0.3) is 11.8 Å². The second-order valence-electron chi connectivity index (χ2n) is 7.10. The van der Waals surface area contributed by atoms with Gasteiger partial charge in [0.15, 0.2) is 0 Å². The Labute approximate surface area is 192 Å². The zero-order valence-corrected chi connectivity index (χ0v) is 18.4. The number of aromatic nitrogens is 1. The Morgan fingerprint density at radius 3 is 1.76 bits per heavy atom. The highest BCUT2D eigenvalue weighted by Crippen LogP contribution is 2.17. The molecule has 0 aliphatic carbocycles. The van der Waals surface area contributed by atoms with E-state index in [1.54, 1.807) is 26.0 Å². The van der Waals surface area contributed by atoms with Crippen molar-refractivity contribution in [3.63, 3.8) is 0 Å². The lowest BCUT2D eigenvalue weighted by Crippen LogP contribution is -2.20. The Balaban J connectivity index is 1.56. The maximum atomic E-state index is 12.5. The van der Waals surface area contributed by atoms with Crippen LogP contribution in [0.25, 0.3) is 12.2 Å². The van der Waals surface area contributed by atoms with Crippen molar-refractivity contribution in [3.8, 4) is 0 Å². The Morgan fingerprint density at radius 1 is 0.758 bits per heavy atom. The lowest BCUT2D eigenvalue weighted by Gasteiger charge is -2.01. The minimum absolute atomic E-state index is 0.273. The fourth-order valence-corrected chi connectivity index (χ4v) is 3.14. The van der Waals surface area contributed by atoms with Crippen molar-refractivity contribution in [1.82, 2.24) is 15.8 Å². The summed E-state index contributed by atoms with van der Waals surface area (Å²) >= 11 is 0. The van der Waals surface area contributed by atoms with Crippen molar-refractivity contribution < 1.29 is 9.59 Å². The van der Waals surface area contributed by atoms with E-state index in [4.69, 9.17) is 0 Å². The van der Waals surface area contributed by atoms with Crippen LogP contribution >= 0.6 is 0 Å².